The van der Waals surface area contributed by atoms with Gasteiger partial charge in [-0.3, -0.25) is 4.79 Å². The Balaban J connectivity index is 1.62. The van der Waals surface area contributed by atoms with Gasteiger partial charge in [0.05, 0.1) is 5.52 Å². The average molecular weight is 502 g/mol. The highest BCUT2D eigenvalue weighted by Crippen LogP contribution is 2.39. The van der Waals surface area contributed by atoms with E-state index in [1.54, 1.807) is 17.0 Å². The summed E-state index contributed by atoms with van der Waals surface area (Å²) in [5.74, 6) is -1.61. The first-order chi connectivity index (χ1) is 16.8. The molecule has 3 aromatic carbocycles. The van der Waals surface area contributed by atoms with Gasteiger partial charge in [0.15, 0.2) is 5.75 Å². The molecule has 174 valence electrons. The zero-order valence-electron chi connectivity index (χ0n) is 18.6. The van der Waals surface area contributed by atoms with Crippen LogP contribution in [-0.4, -0.2) is 37.6 Å². The van der Waals surface area contributed by atoms with E-state index in [0.29, 0.717) is 10.5 Å². The standard InChI is InChI=1S/C27H20ClN3O3S/c1-16-7-11-19(12-8-16)30-22(13-9-17-5-3-2-4-6-17)23(29-27(30)35)25(33)31-21-14-10-18(28)15-20(21)24(32)26(31)34/h2-15,22,32,34H,1H3/b13-9+. The molecule has 2 N–H and O–H groups in total. The summed E-state index contributed by atoms with van der Waals surface area (Å²) in [7, 11) is 0. The van der Waals surface area contributed by atoms with Crippen molar-refractivity contribution in [3.8, 4) is 11.6 Å². The number of thiocarbonyl (C=S) groups is 1. The van der Waals surface area contributed by atoms with Crippen LogP contribution < -0.4 is 4.90 Å². The van der Waals surface area contributed by atoms with E-state index in [1.807, 2.05) is 73.7 Å². The molecule has 1 aliphatic rings. The number of aromatic nitrogens is 1. The van der Waals surface area contributed by atoms with Crippen molar-refractivity contribution in [2.24, 2.45) is 4.99 Å². The van der Waals surface area contributed by atoms with Crippen molar-refractivity contribution in [1.82, 2.24) is 4.57 Å². The number of carbonyl (C=O) groups excluding carboxylic acids is 1. The lowest BCUT2D eigenvalue weighted by atomic mass is 10.1. The van der Waals surface area contributed by atoms with Gasteiger partial charge in [0.1, 0.15) is 11.8 Å². The Morgan fingerprint density at radius 2 is 1.77 bits per heavy atom. The van der Waals surface area contributed by atoms with Gasteiger partial charge >= 0.3 is 0 Å². The number of aromatic hydroxyl groups is 2. The van der Waals surface area contributed by atoms with E-state index in [2.05, 4.69) is 4.99 Å². The highest BCUT2D eigenvalue weighted by atomic mass is 35.5. The molecule has 0 radical (unpaired) electrons. The average Bonchev–Trinajstić information content (AvgIpc) is 3.32. The Hall–Kier alpha value is -3.94. The summed E-state index contributed by atoms with van der Waals surface area (Å²) in [6.45, 7) is 1.99. The third-order valence-electron chi connectivity index (χ3n) is 5.86. The number of aryl methyl sites for hydroxylation is 1. The van der Waals surface area contributed by atoms with Crippen LogP contribution in [-0.2, 0) is 0 Å². The molecule has 0 saturated heterocycles. The Morgan fingerprint density at radius 1 is 1.06 bits per heavy atom. The first-order valence-corrected chi connectivity index (χ1v) is 11.6. The molecule has 8 heteroatoms. The van der Waals surface area contributed by atoms with Crippen molar-refractivity contribution in [3.05, 3.63) is 95.0 Å². The molecule has 4 aromatic rings. The molecule has 0 amide bonds. The third kappa shape index (κ3) is 4.09. The maximum atomic E-state index is 13.8. The zero-order valence-corrected chi connectivity index (χ0v) is 20.2. The number of rotatable bonds is 4. The van der Waals surface area contributed by atoms with Crippen LogP contribution in [0.1, 0.15) is 15.9 Å². The van der Waals surface area contributed by atoms with Crippen molar-refractivity contribution in [1.29, 1.82) is 0 Å². The van der Waals surface area contributed by atoms with Crippen LogP contribution in [0.15, 0.2) is 83.9 Å². The summed E-state index contributed by atoms with van der Waals surface area (Å²) >= 11 is 11.6. The quantitative estimate of drug-likeness (QED) is 0.336. The van der Waals surface area contributed by atoms with Crippen molar-refractivity contribution in [2.45, 2.75) is 13.0 Å². The molecular formula is C27H20ClN3O3S. The van der Waals surface area contributed by atoms with Gasteiger partial charge in [-0.2, -0.15) is 0 Å². The zero-order chi connectivity index (χ0) is 24.7. The molecule has 0 aliphatic carbocycles. The lowest BCUT2D eigenvalue weighted by Gasteiger charge is -2.24. The number of hydrogen-bond acceptors (Lipinski definition) is 4. The van der Waals surface area contributed by atoms with E-state index in [1.165, 1.54) is 6.07 Å². The number of aliphatic imine (C=N–C) groups is 1. The lowest BCUT2D eigenvalue weighted by molar-refractivity contribution is 0.0983. The summed E-state index contributed by atoms with van der Waals surface area (Å²) < 4.78 is 1.03. The van der Waals surface area contributed by atoms with Gasteiger partial charge in [-0.05, 0) is 55.0 Å². The molecule has 5 rings (SSSR count). The summed E-state index contributed by atoms with van der Waals surface area (Å²) in [4.78, 5) is 20.0. The second kappa shape index (κ2) is 9.02. The third-order valence-corrected chi connectivity index (χ3v) is 6.39. The Kier molecular flexibility index (Phi) is 5.88. The van der Waals surface area contributed by atoms with E-state index < -0.39 is 23.6 Å². The predicted molar refractivity (Wildman–Crippen MR) is 144 cm³/mol. The molecule has 6 nitrogen and oxygen atoms in total. The summed E-state index contributed by atoms with van der Waals surface area (Å²) in [6.07, 6.45) is 3.75. The summed E-state index contributed by atoms with van der Waals surface area (Å²) in [5, 5.41) is 21.9. The predicted octanol–water partition coefficient (Wildman–Crippen LogP) is 5.98. The molecule has 1 aliphatic heterocycles. The minimum atomic E-state index is -0.635. The van der Waals surface area contributed by atoms with Crippen molar-refractivity contribution in [3.63, 3.8) is 0 Å². The Labute approximate surface area is 212 Å². The second-order valence-corrected chi connectivity index (χ2v) is 8.98. The van der Waals surface area contributed by atoms with Gasteiger partial charge < -0.3 is 15.1 Å². The minimum absolute atomic E-state index is 0.116. The molecular weight excluding hydrogens is 482 g/mol. The van der Waals surface area contributed by atoms with Crippen molar-refractivity contribution in [2.75, 3.05) is 4.90 Å². The van der Waals surface area contributed by atoms with Crippen LogP contribution in [0.4, 0.5) is 5.69 Å². The van der Waals surface area contributed by atoms with Crippen LogP contribution in [0, 0.1) is 6.92 Å². The largest absolute Gasteiger partial charge is 0.503 e. The SMILES string of the molecule is Cc1ccc(N2C(=S)N=C(C(=O)n3c(O)c(O)c4cc(Cl)ccc43)C2/C=C/c2ccccc2)cc1. The maximum Gasteiger partial charge on any atom is 0.282 e. The summed E-state index contributed by atoms with van der Waals surface area (Å²) in [5.41, 5.74) is 3.24. The second-order valence-electron chi connectivity index (χ2n) is 8.17. The fourth-order valence-corrected chi connectivity index (χ4v) is 4.60. The van der Waals surface area contributed by atoms with Crippen LogP contribution in [0.25, 0.3) is 17.0 Å². The number of hydrogen-bond donors (Lipinski definition) is 2. The van der Waals surface area contributed by atoms with Gasteiger partial charge in [0, 0.05) is 16.1 Å². The number of nitrogens with zero attached hydrogens (tertiary/aromatic N) is 3. The lowest BCUT2D eigenvalue weighted by Crippen LogP contribution is -2.40. The molecule has 2 heterocycles. The van der Waals surface area contributed by atoms with E-state index in [-0.39, 0.29) is 16.2 Å². The van der Waals surface area contributed by atoms with E-state index >= 15 is 0 Å². The van der Waals surface area contributed by atoms with Gasteiger partial charge in [-0.1, -0.05) is 71.8 Å². The highest BCUT2D eigenvalue weighted by Gasteiger charge is 2.38. The molecule has 1 aromatic heterocycles. The normalized spacial score (nSPS) is 15.8. The van der Waals surface area contributed by atoms with Gasteiger partial charge in [-0.25, -0.2) is 9.56 Å². The first kappa shape index (κ1) is 22.8. The van der Waals surface area contributed by atoms with Crippen LogP contribution in [0.5, 0.6) is 11.6 Å². The first-order valence-electron chi connectivity index (χ1n) is 10.8. The smallest absolute Gasteiger partial charge is 0.282 e. The minimum Gasteiger partial charge on any atom is -0.503 e. The van der Waals surface area contributed by atoms with Crippen LogP contribution in [0.2, 0.25) is 5.02 Å². The van der Waals surface area contributed by atoms with E-state index in [4.69, 9.17) is 23.8 Å². The summed E-state index contributed by atoms with van der Waals surface area (Å²) in [6, 6.07) is 21.4. The highest BCUT2D eigenvalue weighted by molar-refractivity contribution is 7.80. The number of halogens is 1. The van der Waals surface area contributed by atoms with E-state index in [0.717, 1.165) is 21.4 Å². The Morgan fingerprint density at radius 3 is 2.49 bits per heavy atom. The topological polar surface area (TPSA) is 78.1 Å². The Bertz CT molecular complexity index is 1530. The molecule has 0 bridgehead atoms. The number of carbonyl (C=O) groups is 1. The van der Waals surface area contributed by atoms with Gasteiger partial charge in [-0.15, -0.1) is 0 Å². The molecule has 1 atom stereocenters. The molecule has 1 unspecified atom stereocenters. The van der Waals surface area contributed by atoms with Gasteiger partial charge in [0.25, 0.3) is 5.91 Å². The molecule has 0 saturated carbocycles. The number of benzene rings is 3. The van der Waals surface area contributed by atoms with Crippen LogP contribution in [0.3, 0.4) is 0 Å². The fourth-order valence-electron chi connectivity index (χ4n) is 4.11. The number of fused-ring (bicyclic) bond motifs is 1. The van der Waals surface area contributed by atoms with E-state index in [9.17, 15) is 15.0 Å². The van der Waals surface area contributed by atoms with Gasteiger partial charge in [0.2, 0.25) is 11.0 Å². The molecule has 0 fully saturated rings. The fraction of sp³-hybridized carbons (Fsp3) is 0.0741. The maximum absolute atomic E-state index is 13.8. The molecule has 0 spiro atoms. The van der Waals surface area contributed by atoms with Crippen molar-refractivity contribution >= 4 is 63.2 Å². The van der Waals surface area contributed by atoms with Crippen LogP contribution >= 0.6 is 23.8 Å². The number of anilines is 1. The molecule has 35 heavy (non-hydrogen) atoms. The van der Waals surface area contributed by atoms with Crippen molar-refractivity contribution < 1.29 is 15.0 Å². The monoisotopic (exact) mass is 501 g/mol.